The molecule has 0 fully saturated rings. The molecule has 12 heteroatoms. The maximum Gasteiger partial charge on any atom is 0.359 e. The maximum absolute atomic E-state index is 13.3. The average molecular weight is 541 g/mol. The molecule has 4 aromatic rings. The molecule has 0 bridgehead atoms. The van der Waals surface area contributed by atoms with Crippen molar-refractivity contribution in [2.24, 2.45) is 0 Å². The summed E-state index contributed by atoms with van der Waals surface area (Å²) in [7, 11) is -3.96. The minimum absolute atomic E-state index is 0.0283. The Kier molecular flexibility index (Phi) is 7.55. The van der Waals surface area contributed by atoms with Crippen molar-refractivity contribution < 1.29 is 22.7 Å². The Bertz CT molecular complexity index is 1640. The number of amides is 1. The number of carbonyl (C=O) groups excluding carboxylic acids is 2. The molecule has 3 aromatic carbocycles. The van der Waals surface area contributed by atoms with Gasteiger partial charge in [0.1, 0.15) is 0 Å². The number of hydrogen-bond acceptors (Lipinski definition) is 7. The minimum atomic E-state index is -3.96. The zero-order valence-corrected chi connectivity index (χ0v) is 21.0. The summed E-state index contributed by atoms with van der Waals surface area (Å²) in [5.74, 6) is -1.68. The monoisotopic (exact) mass is 540 g/mol. The van der Waals surface area contributed by atoms with Gasteiger partial charge in [0.15, 0.2) is 12.3 Å². The molecule has 1 heterocycles. The molecule has 0 unspecified atom stereocenters. The third-order valence-corrected chi connectivity index (χ3v) is 7.58. The van der Waals surface area contributed by atoms with E-state index in [0.29, 0.717) is 5.69 Å². The number of sulfonamides is 1. The highest BCUT2D eigenvalue weighted by molar-refractivity contribution is 7.92. The molecule has 0 saturated heterocycles. The largest absolute Gasteiger partial charge is 0.451 e. The van der Waals surface area contributed by atoms with E-state index in [-0.39, 0.29) is 38.6 Å². The third-order valence-electron chi connectivity index (χ3n) is 5.36. The van der Waals surface area contributed by atoms with Gasteiger partial charge in [0.25, 0.3) is 21.5 Å². The molecule has 1 aromatic heterocycles. The molecule has 0 aliphatic rings. The van der Waals surface area contributed by atoms with Crippen molar-refractivity contribution in [3.05, 3.63) is 93.9 Å². The Morgan fingerprint density at radius 3 is 2.41 bits per heavy atom. The summed E-state index contributed by atoms with van der Waals surface area (Å²) in [5.41, 5.74) is -0.112. The van der Waals surface area contributed by atoms with E-state index in [2.05, 4.69) is 15.5 Å². The molecule has 0 atom stereocenters. The summed E-state index contributed by atoms with van der Waals surface area (Å²) in [5, 5.41) is 9.03. The lowest BCUT2D eigenvalue weighted by molar-refractivity contribution is -0.119. The van der Waals surface area contributed by atoms with E-state index in [1.807, 2.05) is 0 Å². The number of halogens is 1. The average Bonchev–Trinajstić information content (AvgIpc) is 2.90. The molecule has 0 radical (unpaired) electrons. The first kappa shape index (κ1) is 25.9. The first-order chi connectivity index (χ1) is 17.7. The Morgan fingerprint density at radius 1 is 1.03 bits per heavy atom. The molecule has 0 aliphatic heterocycles. The number of rotatable bonds is 8. The first-order valence-electron chi connectivity index (χ1n) is 11.0. The normalized spacial score (nSPS) is 11.2. The number of benzene rings is 3. The molecule has 190 valence electrons. The molecule has 10 nitrogen and oxygen atoms in total. The Labute approximate surface area is 216 Å². The number of nitrogens with one attached hydrogen (secondary N) is 2. The van der Waals surface area contributed by atoms with Crippen molar-refractivity contribution >= 4 is 55.6 Å². The minimum Gasteiger partial charge on any atom is -0.451 e. The van der Waals surface area contributed by atoms with Gasteiger partial charge in [-0.15, -0.1) is 0 Å². The molecular weight excluding hydrogens is 520 g/mol. The second-order valence-corrected chi connectivity index (χ2v) is 9.99. The fourth-order valence-electron chi connectivity index (χ4n) is 3.63. The van der Waals surface area contributed by atoms with E-state index in [9.17, 15) is 22.8 Å². The van der Waals surface area contributed by atoms with Crippen LogP contribution in [-0.4, -0.2) is 43.6 Å². The summed E-state index contributed by atoms with van der Waals surface area (Å²) in [4.78, 5) is 36.8. The van der Waals surface area contributed by atoms with Gasteiger partial charge >= 0.3 is 5.97 Å². The van der Waals surface area contributed by atoms with Crippen LogP contribution in [0.3, 0.4) is 0 Å². The smallest absolute Gasteiger partial charge is 0.359 e. The number of H-pyrrole nitrogens is 1. The van der Waals surface area contributed by atoms with Crippen molar-refractivity contribution in [3.63, 3.8) is 0 Å². The van der Waals surface area contributed by atoms with Crippen LogP contribution >= 0.6 is 11.6 Å². The van der Waals surface area contributed by atoms with E-state index in [1.165, 1.54) is 34.6 Å². The predicted octanol–water partition coefficient (Wildman–Crippen LogP) is 3.59. The van der Waals surface area contributed by atoms with Crippen molar-refractivity contribution in [1.29, 1.82) is 0 Å². The van der Waals surface area contributed by atoms with E-state index in [4.69, 9.17) is 16.3 Å². The number of fused-ring (bicyclic) bond motifs is 1. The summed E-state index contributed by atoms with van der Waals surface area (Å²) in [6, 6.07) is 18.9. The molecule has 2 N–H and O–H groups in total. The first-order valence-corrected chi connectivity index (χ1v) is 12.9. The SMILES string of the molecule is CCN(c1ccccc1)S(=O)(=O)c1ccc(Cl)c(NC(=O)COC(=O)c2n[nH]c(=O)c3ccccc23)c1. The van der Waals surface area contributed by atoms with Crippen LogP contribution in [0.4, 0.5) is 11.4 Å². The lowest BCUT2D eigenvalue weighted by Crippen LogP contribution is -2.30. The number of anilines is 2. The topological polar surface area (TPSA) is 139 Å². The molecule has 4 rings (SSSR count). The van der Waals surface area contributed by atoms with Crippen molar-refractivity contribution in [3.8, 4) is 0 Å². The van der Waals surface area contributed by atoms with Gasteiger partial charge < -0.3 is 10.1 Å². The molecular formula is C25H21ClN4O6S. The van der Waals surface area contributed by atoms with Gasteiger partial charge in [0.05, 0.1) is 26.7 Å². The maximum atomic E-state index is 13.3. The number of nitrogens with zero attached hydrogens (tertiary/aromatic N) is 2. The zero-order valence-electron chi connectivity index (χ0n) is 19.5. The quantitative estimate of drug-likeness (QED) is 0.326. The van der Waals surface area contributed by atoms with Crippen molar-refractivity contribution in [2.45, 2.75) is 11.8 Å². The molecule has 0 saturated carbocycles. The lowest BCUT2D eigenvalue weighted by Gasteiger charge is -2.23. The number of ether oxygens (including phenoxy) is 1. The fourth-order valence-corrected chi connectivity index (χ4v) is 5.29. The number of aromatic nitrogens is 2. The summed E-state index contributed by atoms with van der Waals surface area (Å²) >= 11 is 6.18. The lowest BCUT2D eigenvalue weighted by atomic mass is 10.1. The van der Waals surface area contributed by atoms with Gasteiger partial charge in [-0.05, 0) is 43.3 Å². The van der Waals surface area contributed by atoms with Gasteiger partial charge in [0, 0.05) is 11.9 Å². The van der Waals surface area contributed by atoms with Gasteiger partial charge in [-0.3, -0.25) is 13.9 Å². The Balaban J connectivity index is 1.50. The van der Waals surface area contributed by atoms with Gasteiger partial charge in [-0.2, -0.15) is 5.10 Å². The summed E-state index contributed by atoms with van der Waals surface area (Å²) < 4.78 is 32.9. The van der Waals surface area contributed by atoms with Crippen LogP contribution in [0.1, 0.15) is 17.4 Å². The van der Waals surface area contributed by atoms with Crippen LogP contribution in [0.25, 0.3) is 10.8 Å². The number of para-hydroxylation sites is 1. The van der Waals surface area contributed by atoms with E-state index < -0.39 is 34.1 Å². The number of carbonyl (C=O) groups is 2. The van der Waals surface area contributed by atoms with Crippen LogP contribution in [0.5, 0.6) is 0 Å². The predicted molar refractivity (Wildman–Crippen MR) is 139 cm³/mol. The Hall–Kier alpha value is -4.22. The standard InChI is InChI=1S/C25H21ClN4O6S/c1-2-30(16-8-4-3-5-9-16)37(34,35)17-12-13-20(26)21(14-17)27-22(31)15-36-25(33)23-18-10-6-7-11-19(18)24(32)29-28-23/h3-14H,2,15H2,1H3,(H,27,31)(H,29,32). The van der Waals surface area contributed by atoms with Gasteiger partial charge in [0.2, 0.25) is 0 Å². The highest BCUT2D eigenvalue weighted by atomic mass is 35.5. The van der Waals surface area contributed by atoms with Gasteiger partial charge in [-0.25, -0.2) is 18.3 Å². The van der Waals surface area contributed by atoms with Crippen LogP contribution in [0, 0.1) is 0 Å². The zero-order chi connectivity index (χ0) is 26.6. The van der Waals surface area contributed by atoms with Crippen LogP contribution < -0.4 is 15.2 Å². The van der Waals surface area contributed by atoms with Crippen LogP contribution in [-0.2, 0) is 19.6 Å². The molecule has 37 heavy (non-hydrogen) atoms. The van der Waals surface area contributed by atoms with Crippen LogP contribution in [0.2, 0.25) is 5.02 Å². The summed E-state index contributed by atoms with van der Waals surface area (Å²) in [6.07, 6.45) is 0. The highest BCUT2D eigenvalue weighted by Gasteiger charge is 2.25. The second kappa shape index (κ2) is 10.8. The molecule has 0 spiro atoms. The van der Waals surface area contributed by atoms with Crippen LogP contribution in [0.15, 0.2) is 82.5 Å². The summed E-state index contributed by atoms with van der Waals surface area (Å²) in [6.45, 7) is 1.18. The van der Waals surface area contributed by atoms with E-state index >= 15 is 0 Å². The highest BCUT2D eigenvalue weighted by Crippen LogP contribution is 2.29. The van der Waals surface area contributed by atoms with Crippen molar-refractivity contribution in [1.82, 2.24) is 10.2 Å². The van der Waals surface area contributed by atoms with E-state index in [0.717, 1.165) is 0 Å². The van der Waals surface area contributed by atoms with Gasteiger partial charge in [-0.1, -0.05) is 48.0 Å². The number of aromatic amines is 1. The molecule has 1 amide bonds. The fraction of sp³-hybridized carbons (Fsp3) is 0.120. The Morgan fingerprint density at radius 2 is 1.70 bits per heavy atom. The number of hydrogen-bond donors (Lipinski definition) is 2. The molecule has 0 aliphatic carbocycles. The second-order valence-electron chi connectivity index (χ2n) is 7.72. The third kappa shape index (κ3) is 5.47. The number of esters is 1. The van der Waals surface area contributed by atoms with E-state index in [1.54, 1.807) is 49.4 Å². The van der Waals surface area contributed by atoms with Crippen molar-refractivity contribution in [2.75, 3.05) is 22.8 Å².